The van der Waals surface area contributed by atoms with Gasteiger partial charge in [0, 0.05) is 6.20 Å². The third-order valence-electron chi connectivity index (χ3n) is 2.24. The van der Waals surface area contributed by atoms with Crippen LogP contribution in [0.4, 0.5) is 0 Å². The molecule has 0 aliphatic heterocycles. The molecule has 1 N–H and O–H groups in total. The van der Waals surface area contributed by atoms with E-state index in [2.05, 4.69) is 21.0 Å². The van der Waals surface area contributed by atoms with Crippen LogP contribution in [0.25, 0.3) is 5.69 Å². The van der Waals surface area contributed by atoms with Crippen LogP contribution < -0.4 is 4.74 Å². The maximum absolute atomic E-state index is 10.8. The van der Waals surface area contributed by atoms with Gasteiger partial charge in [0.1, 0.15) is 5.75 Å². The number of nitrogens with zero attached hydrogens (tertiary/aromatic N) is 2. The average Bonchev–Trinajstić information content (AvgIpc) is 2.78. The molecule has 0 saturated carbocycles. The normalized spacial score (nSPS) is 10.2. The first-order valence-electron chi connectivity index (χ1n) is 4.74. The minimum absolute atomic E-state index is 0.139. The van der Waals surface area contributed by atoms with E-state index < -0.39 is 5.97 Å². The lowest BCUT2D eigenvalue weighted by atomic mass is 10.3. The molecule has 5 nitrogen and oxygen atoms in total. The predicted octanol–water partition coefficient (Wildman–Crippen LogP) is 2.34. The summed E-state index contributed by atoms with van der Waals surface area (Å²) >= 11 is 3.39. The van der Waals surface area contributed by atoms with E-state index in [-0.39, 0.29) is 5.56 Å². The predicted molar refractivity (Wildman–Crippen MR) is 64.8 cm³/mol. The van der Waals surface area contributed by atoms with Gasteiger partial charge in [-0.15, -0.1) is 0 Å². The highest BCUT2D eigenvalue weighted by molar-refractivity contribution is 9.10. The van der Waals surface area contributed by atoms with Gasteiger partial charge >= 0.3 is 5.97 Å². The van der Waals surface area contributed by atoms with Crippen molar-refractivity contribution in [2.75, 3.05) is 7.11 Å². The van der Waals surface area contributed by atoms with Crippen molar-refractivity contribution in [3.05, 3.63) is 40.6 Å². The molecule has 6 heteroatoms. The SMILES string of the molecule is COc1cccc(-n2cc(C(=O)O)cn2)c1Br. The highest BCUT2D eigenvalue weighted by Crippen LogP contribution is 2.30. The number of carboxylic acids is 1. The van der Waals surface area contributed by atoms with Gasteiger partial charge < -0.3 is 9.84 Å². The van der Waals surface area contributed by atoms with Crippen LogP contribution in [0.15, 0.2) is 35.1 Å². The van der Waals surface area contributed by atoms with Crippen molar-refractivity contribution in [2.45, 2.75) is 0 Å². The first-order chi connectivity index (χ1) is 8.13. The Morgan fingerprint density at radius 1 is 1.53 bits per heavy atom. The van der Waals surface area contributed by atoms with E-state index in [0.717, 1.165) is 10.2 Å². The van der Waals surface area contributed by atoms with E-state index in [4.69, 9.17) is 9.84 Å². The standard InChI is InChI=1S/C11H9BrN2O3/c1-17-9-4-2-3-8(10(9)12)14-6-7(5-13-14)11(15)16/h2-6H,1H3,(H,15,16). The van der Waals surface area contributed by atoms with Gasteiger partial charge in [-0.2, -0.15) is 5.10 Å². The van der Waals surface area contributed by atoms with E-state index in [9.17, 15) is 4.79 Å². The molecule has 0 aliphatic carbocycles. The molecule has 2 rings (SSSR count). The molecule has 0 fully saturated rings. The van der Waals surface area contributed by atoms with E-state index in [0.29, 0.717) is 5.75 Å². The Kier molecular flexibility index (Phi) is 3.14. The average molecular weight is 297 g/mol. The number of carboxylic acid groups (broad SMARTS) is 1. The lowest BCUT2D eigenvalue weighted by Crippen LogP contribution is -1.98. The Labute approximate surface area is 106 Å². The van der Waals surface area contributed by atoms with Gasteiger partial charge in [-0.1, -0.05) is 6.07 Å². The third-order valence-corrected chi connectivity index (χ3v) is 3.04. The highest BCUT2D eigenvalue weighted by atomic mass is 79.9. The summed E-state index contributed by atoms with van der Waals surface area (Å²) in [4.78, 5) is 10.8. The van der Waals surface area contributed by atoms with Crippen LogP contribution in [-0.4, -0.2) is 28.0 Å². The second kappa shape index (κ2) is 4.58. The van der Waals surface area contributed by atoms with Crippen molar-refractivity contribution in [2.24, 2.45) is 0 Å². The zero-order chi connectivity index (χ0) is 12.4. The largest absolute Gasteiger partial charge is 0.495 e. The molecular weight excluding hydrogens is 288 g/mol. The number of rotatable bonds is 3. The van der Waals surface area contributed by atoms with Gasteiger partial charge in [0.25, 0.3) is 0 Å². The molecule has 17 heavy (non-hydrogen) atoms. The maximum atomic E-state index is 10.8. The first-order valence-corrected chi connectivity index (χ1v) is 5.53. The van der Waals surface area contributed by atoms with Gasteiger partial charge in [-0.05, 0) is 28.1 Å². The van der Waals surface area contributed by atoms with Crippen LogP contribution in [0.2, 0.25) is 0 Å². The fourth-order valence-corrected chi connectivity index (χ4v) is 2.01. The van der Waals surface area contributed by atoms with Crippen molar-refractivity contribution >= 4 is 21.9 Å². The van der Waals surface area contributed by atoms with Crippen molar-refractivity contribution in [3.63, 3.8) is 0 Å². The second-order valence-electron chi connectivity index (χ2n) is 3.27. The van der Waals surface area contributed by atoms with Crippen molar-refractivity contribution in [1.29, 1.82) is 0 Å². The smallest absolute Gasteiger partial charge is 0.338 e. The zero-order valence-corrected chi connectivity index (χ0v) is 10.5. The van der Waals surface area contributed by atoms with E-state index >= 15 is 0 Å². The molecule has 0 radical (unpaired) electrons. The van der Waals surface area contributed by atoms with Gasteiger partial charge in [0.15, 0.2) is 0 Å². The number of hydrogen-bond donors (Lipinski definition) is 1. The van der Waals surface area contributed by atoms with Crippen LogP contribution in [-0.2, 0) is 0 Å². The maximum Gasteiger partial charge on any atom is 0.338 e. The molecule has 1 heterocycles. The fraction of sp³-hybridized carbons (Fsp3) is 0.0909. The number of halogens is 1. The number of ether oxygens (including phenoxy) is 1. The van der Waals surface area contributed by atoms with Crippen molar-refractivity contribution in [3.8, 4) is 11.4 Å². The number of hydrogen-bond acceptors (Lipinski definition) is 3. The third kappa shape index (κ3) is 2.16. The summed E-state index contributed by atoms with van der Waals surface area (Å²) in [6, 6.07) is 5.42. The number of carbonyl (C=O) groups is 1. The van der Waals surface area contributed by atoms with Gasteiger partial charge in [-0.25, -0.2) is 9.48 Å². The monoisotopic (exact) mass is 296 g/mol. The Bertz CT molecular complexity index is 566. The molecule has 0 aliphatic rings. The fourth-order valence-electron chi connectivity index (χ4n) is 1.40. The molecule has 0 saturated heterocycles. The molecule has 0 spiro atoms. The molecule has 0 amide bonds. The molecule has 1 aromatic carbocycles. The van der Waals surface area contributed by atoms with Gasteiger partial charge in [-0.3, -0.25) is 0 Å². The zero-order valence-electron chi connectivity index (χ0n) is 8.92. The van der Waals surface area contributed by atoms with E-state index in [1.54, 1.807) is 19.2 Å². The lowest BCUT2D eigenvalue weighted by molar-refractivity contribution is 0.0697. The van der Waals surface area contributed by atoms with E-state index in [1.807, 2.05) is 6.07 Å². The Morgan fingerprint density at radius 2 is 2.29 bits per heavy atom. The topological polar surface area (TPSA) is 64.3 Å². The molecule has 0 atom stereocenters. The minimum Gasteiger partial charge on any atom is -0.495 e. The summed E-state index contributed by atoms with van der Waals surface area (Å²) in [5.41, 5.74) is 0.858. The van der Waals surface area contributed by atoms with Crippen LogP contribution in [0.1, 0.15) is 10.4 Å². The molecule has 88 valence electrons. The summed E-state index contributed by atoms with van der Waals surface area (Å²) in [5, 5.41) is 12.8. The molecule has 0 bridgehead atoms. The minimum atomic E-state index is -1.00. The summed E-state index contributed by atoms with van der Waals surface area (Å²) in [5.74, 6) is -0.342. The van der Waals surface area contributed by atoms with Crippen LogP contribution in [0, 0.1) is 0 Å². The molecule has 0 unspecified atom stereocenters. The van der Waals surface area contributed by atoms with Crippen LogP contribution in [0.5, 0.6) is 5.75 Å². The highest BCUT2D eigenvalue weighted by Gasteiger charge is 2.11. The number of aromatic nitrogens is 2. The summed E-state index contributed by atoms with van der Waals surface area (Å²) in [6.45, 7) is 0. The lowest BCUT2D eigenvalue weighted by Gasteiger charge is -2.08. The molecule has 2 aromatic rings. The Hall–Kier alpha value is -1.82. The summed E-state index contributed by atoms with van der Waals surface area (Å²) in [6.07, 6.45) is 2.75. The summed E-state index contributed by atoms with van der Waals surface area (Å²) < 4.78 is 7.36. The molecular formula is C11H9BrN2O3. The first kappa shape index (κ1) is 11.7. The second-order valence-corrected chi connectivity index (χ2v) is 4.07. The Morgan fingerprint density at radius 3 is 2.88 bits per heavy atom. The molecule has 1 aromatic heterocycles. The van der Waals surface area contributed by atoms with Crippen LogP contribution in [0.3, 0.4) is 0 Å². The number of benzene rings is 1. The van der Waals surface area contributed by atoms with E-state index in [1.165, 1.54) is 17.1 Å². The number of aromatic carboxylic acids is 1. The Balaban J connectivity index is 2.49. The summed E-state index contributed by atoms with van der Waals surface area (Å²) in [7, 11) is 1.57. The quantitative estimate of drug-likeness (QED) is 0.944. The van der Waals surface area contributed by atoms with Crippen molar-refractivity contribution in [1.82, 2.24) is 9.78 Å². The number of methoxy groups -OCH3 is 1. The van der Waals surface area contributed by atoms with Gasteiger partial charge in [0.2, 0.25) is 0 Å². The van der Waals surface area contributed by atoms with Gasteiger partial charge in [0.05, 0.1) is 29.0 Å². The van der Waals surface area contributed by atoms with Crippen molar-refractivity contribution < 1.29 is 14.6 Å². The van der Waals surface area contributed by atoms with Crippen LogP contribution >= 0.6 is 15.9 Å².